The molecule has 3 atom stereocenters. The third-order valence-electron chi connectivity index (χ3n) is 6.65. The Balaban J connectivity index is 1.94. The fourth-order valence-electron chi connectivity index (χ4n) is 4.74. The zero-order valence-electron chi connectivity index (χ0n) is 21.8. The van der Waals surface area contributed by atoms with Crippen molar-refractivity contribution in [1.82, 2.24) is 0 Å². The number of benzene rings is 2. The van der Waals surface area contributed by atoms with Crippen molar-refractivity contribution >= 4 is 11.9 Å². The molecule has 1 aliphatic heterocycles. The topological polar surface area (TPSA) is 72.8 Å². The second-order valence-electron chi connectivity index (χ2n) is 9.79. The Hall–Kier alpha value is -3.18. The van der Waals surface area contributed by atoms with E-state index < -0.39 is 30.1 Å². The van der Waals surface area contributed by atoms with Crippen LogP contribution in [0, 0.1) is 11.8 Å². The van der Waals surface area contributed by atoms with Gasteiger partial charge in [-0.25, -0.2) is 4.79 Å². The van der Waals surface area contributed by atoms with Crippen molar-refractivity contribution in [3.63, 3.8) is 0 Å². The molecule has 1 heterocycles. The Morgan fingerprint density at radius 1 is 1.06 bits per heavy atom. The van der Waals surface area contributed by atoms with E-state index in [2.05, 4.69) is 20.8 Å². The van der Waals surface area contributed by atoms with Crippen LogP contribution in [-0.4, -0.2) is 29.8 Å². The van der Waals surface area contributed by atoms with E-state index in [1.807, 2.05) is 73.7 Å². The highest BCUT2D eigenvalue weighted by molar-refractivity contribution is 5.95. The summed E-state index contributed by atoms with van der Waals surface area (Å²) in [6.45, 7) is 7.95. The number of hydrogen-bond donors (Lipinski definition) is 1. The third-order valence-corrected chi connectivity index (χ3v) is 6.65. The smallest absolute Gasteiger partial charge is 0.339 e. The van der Waals surface area contributed by atoms with Crippen LogP contribution in [0.3, 0.4) is 0 Å². The molecule has 1 saturated heterocycles. The number of carbonyl (C=O) groups excluding carboxylic acids is 2. The number of allylic oxidation sites excluding steroid dienone is 3. The number of aliphatic hydroxyl groups is 1. The summed E-state index contributed by atoms with van der Waals surface area (Å²) >= 11 is 0. The Labute approximate surface area is 214 Å². The Bertz CT molecular complexity index is 1030. The lowest BCUT2D eigenvalue weighted by atomic mass is 9.87. The minimum Gasteiger partial charge on any atom is -0.456 e. The number of hydrogen-bond acceptors (Lipinski definition) is 5. The van der Waals surface area contributed by atoms with Crippen molar-refractivity contribution in [3.05, 3.63) is 94.6 Å². The predicted molar refractivity (Wildman–Crippen MR) is 141 cm³/mol. The van der Waals surface area contributed by atoms with Crippen LogP contribution in [0.15, 0.2) is 83.5 Å². The maximum Gasteiger partial charge on any atom is 0.339 e. The van der Waals surface area contributed by atoms with Gasteiger partial charge in [0.25, 0.3) is 0 Å². The van der Waals surface area contributed by atoms with Gasteiger partial charge in [0.05, 0.1) is 12.2 Å². The molecule has 5 heteroatoms. The molecule has 1 fully saturated rings. The van der Waals surface area contributed by atoms with Crippen molar-refractivity contribution in [2.24, 2.45) is 11.8 Å². The SMILES string of the molecule is CCCCC(C)CC(C)=CC(C)=C(C(=O)OC(c1ccccc1)c1ccccc1)[C@@H]1OC(=O)[C@@H]1CO. The van der Waals surface area contributed by atoms with E-state index in [0.717, 1.165) is 29.5 Å². The van der Waals surface area contributed by atoms with Gasteiger partial charge < -0.3 is 14.6 Å². The van der Waals surface area contributed by atoms with Gasteiger partial charge in [-0.3, -0.25) is 4.79 Å². The predicted octanol–water partition coefficient (Wildman–Crippen LogP) is 6.33. The van der Waals surface area contributed by atoms with Crippen LogP contribution in [0.4, 0.5) is 0 Å². The van der Waals surface area contributed by atoms with Crippen LogP contribution in [0.1, 0.15) is 70.6 Å². The van der Waals surface area contributed by atoms with Gasteiger partial charge in [0, 0.05) is 0 Å². The number of carbonyl (C=O) groups is 2. The molecule has 0 aromatic heterocycles. The number of esters is 2. The van der Waals surface area contributed by atoms with Gasteiger partial charge in [0.2, 0.25) is 0 Å². The first-order valence-corrected chi connectivity index (χ1v) is 12.9. The molecular formula is C31H38O5. The highest BCUT2D eigenvalue weighted by Gasteiger charge is 2.47. The molecule has 0 spiro atoms. The fraction of sp³-hybridized carbons (Fsp3) is 0.419. The van der Waals surface area contributed by atoms with Crippen LogP contribution in [0.2, 0.25) is 0 Å². The summed E-state index contributed by atoms with van der Waals surface area (Å²) in [4.78, 5) is 25.7. The van der Waals surface area contributed by atoms with Gasteiger partial charge in [-0.1, -0.05) is 105 Å². The Morgan fingerprint density at radius 3 is 2.14 bits per heavy atom. The zero-order chi connectivity index (χ0) is 26.1. The summed E-state index contributed by atoms with van der Waals surface area (Å²) in [5.41, 5.74) is 3.81. The second kappa shape index (κ2) is 13.2. The van der Waals surface area contributed by atoms with Crippen LogP contribution >= 0.6 is 0 Å². The number of unbranched alkanes of at least 4 members (excludes halogenated alkanes) is 1. The summed E-state index contributed by atoms with van der Waals surface area (Å²) in [5, 5.41) is 9.77. The molecule has 0 amide bonds. The van der Waals surface area contributed by atoms with Crippen molar-refractivity contribution < 1.29 is 24.2 Å². The Morgan fingerprint density at radius 2 is 1.64 bits per heavy atom. The standard InChI is InChI=1S/C31H38O5/c1-5-6-13-21(2)18-22(3)19-23(4)27(29-26(20-32)30(33)36-29)31(34)35-28(24-14-9-7-10-15-24)25-16-11-8-12-17-25/h7-12,14-17,19,21,26,28-29,32H,5-6,13,18,20H2,1-4H3/t21?,26-,29-/m1/s1. The van der Waals surface area contributed by atoms with Gasteiger partial charge >= 0.3 is 11.9 Å². The molecule has 5 nitrogen and oxygen atoms in total. The lowest BCUT2D eigenvalue weighted by Gasteiger charge is -2.35. The van der Waals surface area contributed by atoms with E-state index in [9.17, 15) is 14.7 Å². The third kappa shape index (κ3) is 6.94. The van der Waals surface area contributed by atoms with Crippen LogP contribution in [0.5, 0.6) is 0 Å². The van der Waals surface area contributed by atoms with Crippen molar-refractivity contribution in [2.75, 3.05) is 6.61 Å². The number of aliphatic hydroxyl groups excluding tert-OH is 1. The van der Waals surface area contributed by atoms with Crippen LogP contribution in [0.25, 0.3) is 0 Å². The highest BCUT2D eigenvalue weighted by Crippen LogP contribution is 2.34. The average Bonchev–Trinajstić information content (AvgIpc) is 2.86. The molecule has 1 N–H and O–H groups in total. The first kappa shape index (κ1) is 27.4. The Kier molecular flexibility index (Phi) is 10.1. The molecule has 0 saturated carbocycles. The van der Waals surface area contributed by atoms with E-state index >= 15 is 0 Å². The quantitative estimate of drug-likeness (QED) is 0.214. The summed E-state index contributed by atoms with van der Waals surface area (Å²) in [6, 6.07) is 19.1. The zero-order valence-corrected chi connectivity index (χ0v) is 21.8. The number of rotatable bonds is 12. The van der Waals surface area contributed by atoms with Gasteiger partial charge in [0.1, 0.15) is 12.0 Å². The van der Waals surface area contributed by atoms with E-state index in [4.69, 9.17) is 9.47 Å². The van der Waals surface area contributed by atoms with Gasteiger partial charge in [-0.2, -0.15) is 0 Å². The summed E-state index contributed by atoms with van der Waals surface area (Å²) < 4.78 is 11.5. The number of ether oxygens (including phenoxy) is 2. The second-order valence-corrected chi connectivity index (χ2v) is 9.79. The summed E-state index contributed by atoms with van der Waals surface area (Å²) in [5.74, 6) is -1.29. The van der Waals surface area contributed by atoms with Crippen LogP contribution in [-0.2, 0) is 19.1 Å². The molecule has 2 aromatic carbocycles. The highest BCUT2D eigenvalue weighted by atomic mass is 16.6. The lowest BCUT2D eigenvalue weighted by molar-refractivity contribution is -0.184. The van der Waals surface area contributed by atoms with Gasteiger partial charge in [-0.15, -0.1) is 0 Å². The van der Waals surface area contributed by atoms with E-state index in [1.165, 1.54) is 12.8 Å². The molecule has 3 rings (SSSR count). The number of cyclic esters (lactones) is 1. The molecule has 1 unspecified atom stereocenters. The average molecular weight is 491 g/mol. The van der Waals surface area contributed by atoms with E-state index in [0.29, 0.717) is 11.5 Å². The molecule has 0 radical (unpaired) electrons. The van der Waals surface area contributed by atoms with Crippen molar-refractivity contribution in [1.29, 1.82) is 0 Å². The van der Waals surface area contributed by atoms with Gasteiger partial charge in [0.15, 0.2) is 6.10 Å². The maximum absolute atomic E-state index is 13.7. The molecule has 1 aliphatic rings. The molecule has 36 heavy (non-hydrogen) atoms. The first-order valence-electron chi connectivity index (χ1n) is 12.9. The van der Waals surface area contributed by atoms with Crippen molar-refractivity contribution in [2.45, 2.75) is 65.6 Å². The van der Waals surface area contributed by atoms with E-state index in [-0.39, 0.29) is 12.2 Å². The van der Waals surface area contributed by atoms with Crippen LogP contribution < -0.4 is 0 Å². The van der Waals surface area contributed by atoms with E-state index in [1.54, 1.807) is 0 Å². The molecule has 2 aromatic rings. The normalized spacial score (nSPS) is 19.3. The minimum absolute atomic E-state index is 0.283. The fourth-order valence-corrected chi connectivity index (χ4v) is 4.74. The minimum atomic E-state index is -0.830. The summed E-state index contributed by atoms with van der Waals surface area (Å²) in [7, 11) is 0. The largest absolute Gasteiger partial charge is 0.456 e. The molecular weight excluding hydrogens is 452 g/mol. The molecule has 0 aliphatic carbocycles. The van der Waals surface area contributed by atoms with Crippen molar-refractivity contribution in [3.8, 4) is 0 Å². The maximum atomic E-state index is 13.7. The first-order chi connectivity index (χ1) is 17.3. The monoisotopic (exact) mass is 490 g/mol. The molecule has 192 valence electrons. The van der Waals surface area contributed by atoms with Gasteiger partial charge in [-0.05, 0) is 42.9 Å². The molecule has 0 bridgehead atoms. The lowest BCUT2D eigenvalue weighted by Crippen LogP contribution is -2.50. The summed E-state index contributed by atoms with van der Waals surface area (Å²) in [6.07, 6.45) is 4.97.